The molecule has 0 unspecified atom stereocenters. The molecule has 2 aliphatic rings. The lowest BCUT2D eigenvalue weighted by Gasteiger charge is -2.31. The van der Waals surface area contributed by atoms with E-state index >= 15 is 0 Å². The number of halogens is 1. The molecule has 0 amide bonds. The molecule has 2 saturated heterocycles. The van der Waals surface area contributed by atoms with Crippen molar-refractivity contribution in [1.29, 1.82) is 0 Å². The van der Waals surface area contributed by atoms with Gasteiger partial charge >= 0.3 is 0 Å². The van der Waals surface area contributed by atoms with Crippen molar-refractivity contribution in [2.45, 2.75) is 19.3 Å². The van der Waals surface area contributed by atoms with Gasteiger partial charge in [0.05, 0.1) is 6.67 Å². The van der Waals surface area contributed by atoms with E-state index in [1.54, 1.807) is 0 Å². The molecule has 4 nitrogen and oxygen atoms in total. The topological polar surface area (TPSA) is 21.8 Å². The van der Waals surface area contributed by atoms with Crippen LogP contribution in [0.1, 0.15) is 19.3 Å². The maximum Gasteiger partial charge on any atom is 0.179 e. The summed E-state index contributed by atoms with van der Waals surface area (Å²) in [6.45, 7) is 5.09. The highest BCUT2D eigenvalue weighted by molar-refractivity contribution is 9.10. The van der Waals surface area contributed by atoms with Gasteiger partial charge in [0.25, 0.3) is 0 Å². The van der Waals surface area contributed by atoms with Crippen LogP contribution in [-0.4, -0.2) is 57.8 Å². The number of hydrogen-bond donors (Lipinski definition) is 1. The molecule has 23 heavy (non-hydrogen) atoms. The summed E-state index contributed by atoms with van der Waals surface area (Å²) in [5.74, 6) is 0. The Hall–Kier alpha value is -0.760. The molecule has 3 rings (SSSR count). The highest BCUT2D eigenvalue weighted by atomic mass is 79.9. The lowest BCUT2D eigenvalue weighted by molar-refractivity contribution is 0.167. The van der Waals surface area contributed by atoms with Crippen LogP contribution in [0.5, 0.6) is 0 Å². The normalized spacial score (nSPS) is 19.3. The first-order valence-corrected chi connectivity index (χ1v) is 9.60. The Bertz CT molecular complexity index is 572. The number of thiocarbonyl (C=S) groups is 2. The second kappa shape index (κ2) is 7.88. The van der Waals surface area contributed by atoms with Crippen LogP contribution in [0.15, 0.2) is 28.7 Å². The molecule has 1 N–H and O–H groups in total. The average molecular weight is 413 g/mol. The van der Waals surface area contributed by atoms with Crippen LogP contribution in [0.2, 0.25) is 0 Å². The first-order valence-electron chi connectivity index (χ1n) is 7.99. The third-order valence-corrected chi connectivity index (χ3v) is 5.58. The smallest absolute Gasteiger partial charge is 0.179 e. The molecule has 124 valence electrons. The summed E-state index contributed by atoms with van der Waals surface area (Å²) in [7, 11) is 0. The van der Waals surface area contributed by atoms with Gasteiger partial charge in [0.15, 0.2) is 10.2 Å². The first-order chi connectivity index (χ1) is 11.1. The van der Waals surface area contributed by atoms with Crippen molar-refractivity contribution in [2.75, 3.05) is 38.2 Å². The van der Waals surface area contributed by atoms with Crippen molar-refractivity contribution >= 4 is 56.3 Å². The fraction of sp³-hybridized carbons (Fsp3) is 0.500. The minimum Gasteiger partial charge on any atom is -0.334 e. The van der Waals surface area contributed by atoms with E-state index in [0.29, 0.717) is 5.11 Å². The van der Waals surface area contributed by atoms with Gasteiger partial charge in [0.1, 0.15) is 0 Å². The molecule has 2 heterocycles. The molecule has 0 bridgehead atoms. The third kappa shape index (κ3) is 4.41. The number of anilines is 1. The van der Waals surface area contributed by atoms with Crippen LogP contribution in [0.4, 0.5) is 5.69 Å². The minimum atomic E-state index is 0.679. The molecule has 0 spiro atoms. The monoisotopic (exact) mass is 412 g/mol. The van der Waals surface area contributed by atoms with Gasteiger partial charge in [0, 0.05) is 23.2 Å². The van der Waals surface area contributed by atoms with E-state index < -0.39 is 0 Å². The van der Waals surface area contributed by atoms with Gasteiger partial charge in [-0.05, 0) is 74.6 Å². The van der Waals surface area contributed by atoms with Crippen molar-refractivity contribution in [3.05, 3.63) is 28.7 Å². The average Bonchev–Trinajstić information content (AvgIpc) is 2.92. The van der Waals surface area contributed by atoms with Gasteiger partial charge < -0.3 is 10.2 Å². The molecule has 0 radical (unpaired) electrons. The number of nitrogens with one attached hydrogen (secondary N) is 1. The highest BCUT2D eigenvalue weighted by Crippen LogP contribution is 2.17. The van der Waals surface area contributed by atoms with Gasteiger partial charge in [-0.15, -0.1) is 0 Å². The standard InChI is InChI=1S/C16H21BrN4S2/c17-13-4-6-14(7-5-13)18-15(22)21-11-10-20(16(21)23)12-19-8-2-1-3-9-19/h4-7H,1-3,8-12H2,(H,18,22). The van der Waals surface area contributed by atoms with Crippen LogP contribution in [-0.2, 0) is 0 Å². The summed E-state index contributed by atoms with van der Waals surface area (Å²) < 4.78 is 1.05. The molecule has 1 aromatic rings. The summed E-state index contributed by atoms with van der Waals surface area (Å²) in [6.07, 6.45) is 3.95. The van der Waals surface area contributed by atoms with Crippen LogP contribution in [0.3, 0.4) is 0 Å². The second-order valence-electron chi connectivity index (χ2n) is 5.95. The predicted molar refractivity (Wildman–Crippen MR) is 107 cm³/mol. The number of nitrogens with zero attached hydrogens (tertiary/aromatic N) is 3. The third-order valence-electron chi connectivity index (χ3n) is 4.25. The molecule has 0 aliphatic carbocycles. The van der Waals surface area contributed by atoms with Crippen LogP contribution in [0.25, 0.3) is 0 Å². The largest absolute Gasteiger partial charge is 0.334 e. The lowest BCUT2D eigenvalue weighted by Crippen LogP contribution is -2.44. The number of rotatable bonds is 3. The van der Waals surface area contributed by atoms with Crippen molar-refractivity contribution in [3.63, 3.8) is 0 Å². The summed E-state index contributed by atoms with van der Waals surface area (Å²) in [4.78, 5) is 6.78. The number of piperidine rings is 1. The number of hydrogen-bond acceptors (Lipinski definition) is 3. The highest BCUT2D eigenvalue weighted by Gasteiger charge is 2.29. The van der Waals surface area contributed by atoms with Crippen molar-refractivity contribution < 1.29 is 0 Å². The molecule has 1 aromatic carbocycles. The maximum atomic E-state index is 5.63. The van der Waals surface area contributed by atoms with Crippen LogP contribution < -0.4 is 5.32 Å². The van der Waals surface area contributed by atoms with Gasteiger partial charge in [-0.3, -0.25) is 9.80 Å². The molecule has 2 fully saturated rings. The van der Waals surface area contributed by atoms with Crippen molar-refractivity contribution in [3.8, 4) is 0 Å². The quantitative estimate of drug-likeness (QED) is 0.761. The maximum absolute atomic E-state index is 5.63. The van der Waals surface area contributed by atoms with E-state index in [9.17, 15) is 0 Å². The lowest BCUT2D eigenvalue weighted by atomic mass is 10.1. The van der Waals surface area contributed by atoms with Crippen LogP contribution >= 0.6 is 40.4 Å². The summed E-state index contributed by atoms with van der Waals surface area (Å²) in [6, 6.07) is 7.99. The Morgan fingerprint density at radius 3 is 2.43 bits per heavy atom. The van der Waals surface area contributed by atoms with E-state index in [0.717, 1.165) is 35.0 Å². The van der Waals surface area contributed by atoms with Crippen LogP contribution in [0, 0.1) is 0 Å². The van der Waals surface area contributed by atoms with E-state index in [1.165, 1.54) is 32.4 Å². The number of likely N-dealkylation sites (tertiary alicyclic amines) is 1. The predicted octanol–water partition coefficient (Wildman–Crippen LogP) is 3.49. The summed E-state index contributed by atoms with van der Waals surface area (Å²) >= 11 is 14.6. The van der Waals surface area contributed by atoms with Crippen molar-refractivity contribution in [1.82, 2.24) is 14.7 Å². The Kier molecular flexibility index (Phi) is 5.85. The Morgan fingerprint density at radius 2 is 1.74 bits per heavy atom. The van der Waals surface area contributed by atoms with Gasteiger partial charge in [-0.1, -0.05) is 22.4 Å². The van der Waals surface area contributed by atoms with Gasteiger partial charge in [-0.2, -0.15) is 0 Å². The molecular formula is C16H21BrN4S2. The summed E-state index contributed by atoms with van der Waals surface area (Å²) in [5.41, 5.74) is 0.982. The van der Waals surface area contributed by atoms with E-state index in [-0.39, 0.29) is 0 Å². The fourth-order valence-corrected chi connectivity index (χ4v) is 3.92. The Labute approximate surface area is 156 Å². The van der Waals surface area contributed by atoms with Gasteiger partial charge in [0.2, 0.25) is 0 Å². The van der Waals surface area contributed by atoms with Gasteiger partial charge in [-0.25, -0.2) is 0 Å². The SMILES string of the molecule is S=C(Nc1ccc(Br)cc1)N1CCN(CN2CCCCC2)C1=S. The molecule has 7 heteroatoms. The molecule has 0 saturated carbocycles. The van der Waals surface area contributed by atoms with E-state index in [1.807, 2.05) is 29.2 Å². The van der Waals surface area contributed by atoms with Crippen molar-refractivity contribution in [2.24, 2.45) is 0 Å². The van der Waals surface area contributed by atoms with E-state index in [2.05, 4.69) is 31.0 Å². The molecular weight excluding hydrogens is 392 g/mol. The summed E-state index contributed by atoms with van der Waals surface area (Å²) in [5, 5.41) is 4.79. The van der Waals surface area contributed by atoms with E-state index in [4.69, 9.17) is 24.4 Å². The molecule has 0 aromatic heterocycles. The zero-order chi connectivity index (χ0) is 16.2. The Balaban J connectivity index is 1.55. The Morgan fingerprint density at radius 1 is 1.04 bits per heavy atom. The number of benzene rings is 1. The zero-order valence-corrected chi connectivity index (χ0v) is 16.2. The second-order valence-corrected chi connectivity index (χ2v) is 7.62. The minimum absolute atomic E-state index is 0.679. The zero-order valence-electron chi connectivity index (χ0n) is 13.0. The first kappa shape index (κ1) is 17.1. The molecule has 0 atom stereocenters. The fourth-order valence-electron chi connectivity index (χ4n) is 2.97. The molecule has 2 aliphatic heterocycles.